The van der Waals surface area contributed by atoms with E-state index >= 15 is 0 Å². The molecular weight excluding hydrogens is 492 g/mol. The van der Waals surface area contributed by atoms with Crippen LogP contribution in [0.5, 0.6) is 5.75 Å². The minimum Gasteiger partial charge on any atom is -0.489 e. The molecule has 5 rings (SSSR count). The fourth-order valence-electron chi connectivity index (χ4n) is 4.44. The van der Waals surface area contributed by atoms with Crippen LogP contribution in [0.3, 0.4) is 0 Å². The van der Waals surface area contributed by atoms with Crippen LogP contribution < -0.4 is 4.74 Å². The van der Waals surface area contributed by atoms with Crippen molar-refractivity contribution < 1.29 is 22.3 Å². The zero-order valence-corrected chi connectivity index (χ0v) is 20.0. The normalized spacial score (nSPS) is 11.3. The maximum atomic E-state index is 14.2. The van der Waals surface area contributed by atoms with Crippen molar-refractivity contribution in [2.24, 2.45) is 0 Å². The van der Waals surface area contributed by atoms with Gasteiger partial charge in [0.15, 0.2) is 0 Å². The summed E-state index contributed by atoms with van der Waals surface area (Å²) in [6, 6.07) is 26.6. The van der Waals surface area contributed by atoms with Gasteiger partial charge in [0.1, 0.15) is 18.2 Å². The monoisotopic (exact) mass is 512 g/mol. The van der Waals surface area contributed by atoms with Gasteiger partial charge in [0.25, 0.3) is 0 Å². The van der Waals surface area contributed by atoms with Crippen molar-refractivity contribution in [3.05, 3.63) is 131 Å². The van der Waals surface area contributed by atoms with Crippen LogP contribution in [0.25, 0.3) is 22.0 Å². The molecule has 1 aromatic heterocycles. The fourth-order valence-corrected chi connectivity index (χ4v) is 4.44. The average Bonchev–Trinajstić information content (AvgIpc) is 2.92. The Bertz CT molecular complexity index is 1660. The van der Waals surface area contributed by atoms with Crippen molar-refractivity contribution in [2.45, 2.75) is 19.2 Å². The number of hydrogen-bond donors (Lipinski definition) is 0. The number of fused-ring (bicyclic) bond motifs is 1. The Morgan fingerprint density at radius 2 is 1.63 bits per heavy atom. The van der Waals surface area contributed by atoms with E-state index in [1.54, 1.807) is 30.3 Å². The van der Waals surface area contributed by atoms with Gasteiger partial charge in [0.2, 0.25) is 0 Å². The molecule has 0 bridgehead atoms. The number of nitriles is 1. The van der Waals surface area contributed by atoms with E-state index in [0.29, 0.717) is 34.2 Å². The molecule has 0 saturated heterocycles. The number of halogens is 4. The lowest BCUT2D eigenvalue weighted by molar-refractivity contribution is -0.136. The second-order valence-corrected chi connectivity index (χ2v) is 8.75. The first-order chi connectivity index (χ1) is 18.3. The molecule has 4 aromatic carbocycles. The molecule has 1 heterocycles. The quantitative estimate of drug-likeness (QED) is 0.216. The summed E-state index contributed by atoms with van der Waals surface area (Å²) in [5.41, 5.74) is 2.61. The Kier molecular flexibility index (Phi) is 6.80. The number of para-hydroxylation sites is 1. The highest BCUT2D eigenvalue weighted by Crippen LogP contribution is 2.39. The van der Waals surface area contributed by atoms with Gasteiger partial charge < -0.3 is 4.74 Å². The van der Waals surface area contributed by atoms with Crippen molar-refractivity contribution in [3.63, 3.8) is 0 Å². The summed E-state index contributed by atoms with van der Waals surface area (Å²) < 4.78 is 61.5. The van der Waals surface area contributed by atoms with Gasteiger partial charge in [-0.2, -0.15) is 18.4 Å². The molecule has 0 amide bonds. The van der Waals surface area contributed by atoms with Gasteiger partial charge in [-0.3, -0.25) is 4.98 Å². The SMILES string of the molecule is N#Cc1ccc(F)c(COc2cccc(-c3c(Cc4ccccc4)cnc4c(C(F)(F)F)cccc34)c2)c1. The van der Waals surface area contributed by atoms with Crippen LogP contribution in [0.2, 0.25) is 0 Å². The molecule has 0 N–H and O–H groups in total. The first-order valence-electron chi connectivity index (χ1n) is 11.8. The van der Waals surface area contributed by atoms with Crippen LogP contribution >= 0.6 is 0 Å². The van der Waals surface area contributed by atoms with Crippen LogP contribution in [0.1, 0.15) is 27.8 Å². The molecule has 7 heteroatoms. The molecule has 0 aliphatic heterocycles. The number of benzene rings is 4. The van der Waals surface area contributed by atoms with Crippen LogP contribution in [-0.4, -0.2) is 4.98 Å². The van der Waals surface area contributed by atoms with Crippen molar-refractivity contribution in [3.8, 4) is 22.9 Å². The van der Waals surface area contributed by atoms with Gasteiger partial charge in [-0.25, -0.2) is 4.39 Å². The maximum Gasteiger partial charge on any atom is 0.418 e. The third-order valence-corrected chi connectivity index (χ3v) is 6.21. The number of aromatic nitrogens is 1. The molecule has 0 radical (unpaired) electrons. The first kappa shape index (κ1) is 25.0. The Labute approximate surface area is 216 Å². The minimum absolute atomic E-state index is 0.114. The van der Waals surface area contributed by atoms with E-state index in [9.17, 15) is 17.6 Å². The highest BCUT2D eigenvalue weighted by atomic mass is 19.4. The summed E-state index contributed by atoms with van der Waals surface area (Å²) in [5.74, 6) is -0.0861. The molecule has 0 saturated carbocycles. The molecule has 0 aliphatic carbocycles. The van der Waals surface area contributed by atoms with E-state index < -0.39 is 17.6 Å². The smallest absolute Gasteiger partial charge is 0.418 e. The predicted molar refractivity (Wildman–Crippen MR) is 137 cm³/mol. The van der Waals surface area contributed by atoms with E-state index in [-0.39, 0.29) is 17.7 Å². The number of pyridine rings is 1. The Morgan fingerprint density at radius 1 is 0.842 bits per heavy atom. The van der Waals surface area contributed by atoms with E-state index in [1.165, 1.54) is 30.5 Å². The van der Waals surface area contributed by atoms with Crippen LogP contribution in [0, 0.1) is 17.1 Å². The second kappa shape index (κ2) is 10.3. The van der Waals surface area contributed by atoms with Gasteiger partial charge in [0.05, 0.1) is 22.7 Å². The molecule has 38 heavy (non-hydrogen) atoms. The number of hydrogen-bond acceptors (Lipinski definition) is 3. The third kappa shape index (κ3) is 5.21. The van der Waals surface area contributed by atoms with Gasteiger partial charge in [0, 0.05) is 17.1 Å². The van der Waals surface area contributed by atoms with Crippen molar-refractivity contribution >= 4 is 10.9 Å². The topological polar surface area (TPSA) is 45.9 Å². The number of rotatable bonds is 6. The minimum atomic E-state index is -4.56. The Balaban J connectivity index is 1.59. The van der Waals surface area contributed by atoms with E-state index in [4.69, 9.17) is 10.00 Å². The molecule has 0 atom stereocenters. The van der Waals surface area contributed by atoms with E-state index in [0.717, 1.165) is 17.2 Å². The lowest BCUT2D eigenvalue weighted by Gasteiger charge is -2.17. The highest BCUT2D eigenvalue weighted by Gasteiger charge is 2.33. The molecule has 0 fully saturated rings. The summed E-state index contributed by atoms with van der Waals surface area (Å²) in [5, 5.41) is 9.47. The van der Waals surface area contributed by atoms with Crippen molar-refractivity contribution in [2.75, 3.05) is 0 Å². The lowest BCUT2D eigenvalue weighted by atomic mass is 9.92. The standard InChI is InChI=1S/C31H20F4N2O/c32-28-13-12-21(17-36)15-24(28)19-38-25-9-4-8-22(16-25)29-23(14-20-6-2-1-3-7-20)18-37-30-26(29)10-5-11-27(30)31(33,34)35/h1-13,15-16,18H,14,19H2. The molecule has 0 spiro atoms. The van der Waals surface area contributed by atoms with Crippen molar-refractivity contribution in [1.29, 1.82) is 5.26 Å². The second-order valence-electron chi connectivity index (χ2n) is 8.75. The highest BCUT2D eigenvalue weighted by molar-refractivity contribution is 5.98. The molecule has 188 valence electrons. The van der Waals surface area contributed by atoms with Gasteiger partial charge in [-0.05, 0) is 65.1 Å². The Hall–Kier alpha value is -4.70. The lowest BCUT2D eigenvalue weighted by Crippen LogP contribution is -2.07. The third-order valence-electron chi connectivity index (χ3n) is 6.21. The van der Waals surface area contributed by atoms with Crippen LogP contribution in [0.15, 0.2) is 97.2 Å². The molecule has 5 aromatic rings. The largest absolute Gasteiger partial charge is 0.489 e. The van der Waals surface area contributed by atoms with Crippen LogP contribution in [-0.2, 0) is 19.2 Å². The van der Waals surface area contributed by atoms with Gasteiger partial charge in [-0.15, -0.1) is 0 Å². The molecular formula is C31H20F4N2O. The summed E-state index contributed by atoms with van der Waals surface area (Å²) >= 11 is 0. The zero-order chi connectivity index (χ0) is 26.7. The Morgan fingerprint density at radius 3 is 2.39 bits per heavy atom. The number of alkyl halides is 3. The first-order valence-corrected chi connectivity index (χ1v) is 11.8. The predicted octanol–water partition coefficient (Wildman–Crippen LogP) is 8.10. The van der Waals surface area contributed by atoms with E-state index in [2.05, 4.69) is 4.98 Å². The fraction of sp³-hybridized carbons (Fsp3) is 0.0968. The van der Waals surface area contributed by atoms with Crippen LogP contribution in [0.4, 0.5) is 17.6 Å². The maximum absolute atomic E-state index is 14.2. The summed E-state index contributed by atoms with van der Waals surface area (Å²) in [6.07, 6.45) is -2.60. The summed E-state index contributed by atoms with van der Waals surface area (Å²) in [4.78, 5) is 4.24. The molecule has 0 aliphatic rings. The number of nitrogens with zero attached hydrogens (tertiary/aromatic N) is 2. The van der Waals surface area contributed by atoms with Crippen molar-refractivity contribution in [1.82, 2.24) is 4.98 Å². The summed E-state index contributed by atoms with van der Waals surface area (Å²) in [7, 11) is 0. The van der Waals surface area contributed by atoms with Gasteiger partial charge in [-0.1, -0.05) is 54.6 Å². The number of ether oxygens (including phenoxy) is 1. The zero-order valence-electron chi connectivity index (χ0n) is 20.0. The molecule has 0 unspecified atom stereocenters. The average molecular weight is 513 g/mol. The van der Waals surface area contributed by atoms with E-state index in [1.807, 2.05) is 36.4 Å². The van der Waals surface area contributed by atoms with Gasteiger partial charge >= 0.3 is 6.18 Å². The molecule has 3 nitrogen and oxygen atoms in total. The summed E-state index contributed by atoms with van der Waals surface area (Å²) in [6.45, 7) is -0.114.